The van der Waals surface area contributed by atoms with Crippen LogP contribution in [-0.4, -0.2) is 23.5 Å². The van der Waals surface area contributed by atoms with E-state index >= 15 is 0 Å². The Hall–Kier alpha value is -2.50. The maximum atomic E-state index is 13.0. The quantitative estimate of drug-likeness (QED) is 0.442. The number of ketones is 1. The van der Waals surface area contributed by atoms with E-state index in [1.807, 2.05) is 6.92 Å². The minimum Gasteiger partial charge on any atom is -0.290 e. The summed E-state index contributed by atoms with van der Waals surface area (Å²) >= 11 is 0. The van der Waals surface area contributed by atoms with Gasteiger partial charge in [0.15, 0.2) is 5.78 Å². The highest BCUT2D eigenvalue weighted by atomic mass is 19.4. The zero-order valence-corrected chi connectivity index (χ0v) is 11.1. The van der Waals surface area contributed by atoms with Gasteiger partial charge in [-0.25, -0.2) is 9.98 Å². The van der Waals surface area contributed by atoms with E-state index in [2.05, 4.69) is 9.98 Å². The number of aliphatic imine (C=N–C) groups is 2. The number of alkyl halides is 3. The lowest BCUT2D eigenvalue weighted by Gasteiger charge is -2.07. The third-order valence-electron chi connectivity index (χ3n) is 2.59. The first kappa shape index (κ1) is 14.9. The summed E-state index contributed by atoms with van der Waals surface area (Å²) in [6.45, 7) is 1.83. The van der Waals surface area contributed by atoms with Crippen molar-refractivity contribution in [2.24, 2.45) is 9.98 Å². The van der Waals surface area contributed by atoms with Crippen molar-refractivity contribution in [3.63, 3.8) is 0 Å². The number of aryl methyl sites for hydroxylation is 1. The summed E-state index contributed by atoms with van der Waals surface area (Å²) in [5, 5.41) is 0. The molecular weight excluding hydrogens is 281 g/mol. The molecule has 0 bridgehead atoms. The lowest BCUT2D eigenvalue weighted by molar-refractivity contribution is -0.110. The van der Waals surface area contributed by atoms with Crippen LogP contribution in [0.4, 0.5) is 18.9 Å². The summed E-state index contributed by atoms with van der Waals surface area (Å²) in [5.74, 6) is -1.55. The number of rotatable bonds is 1. The molecule has 6 heteroatoms. The predicted octanol–water partition coefficient (Wildman–Crippen LogP) is 3.72. The molecule has 0 aromatic heterocycles. The molecule has 1 aromatic rings. The molecule has 0 fully saturated rings. The molecule has 0 unspecified atom stereocenters. The normalized spacial score (nSPS) is 15.5. The molecule has 3 nitrogen and oxygen atoms in total. The Balaban J connectivity index is 2.38. The van der Waals surface area contributed by atoms with Crippen molar-refractivity contribution < 1.29 is 18.0 Å². The minimum atomic E-state index is -4.68. The first-order valence-corrected chi connectivity index (χ1v) is 6.06. The molecule has 0 spiro atoms. The Kier molecular flexibility index (Phi) is 4.16. The highest BCUT2D eigenvalue weighted by molar-refractivity contribution is 6.19. The molecule has 108 valence electrons. The summed E-state index contributed by atoms with van der Waals surface area (Å²) in [4.78, 5) is 17.9. The zero-order chi connectivity index (χ0) is 15.5. The maximum Gasteiger partial charge on any atom is 0.451 e. The fourth-order valence-electron chi connectivity index (χ4n) is 1.54. The first-order chi connectivity index (χ1) is 9.84. The van der Waals surface area contributed by atoms with Crippen molar-refractivity contribution in [1.82, 2.24) is 0 Å². The summed E-state index contributed by atoms with van der Waals surface area (Å²) < 4.78 is 38.9. The van der Waals surface area contributed by atoms with Gasteiger partial charge in [0.1, 0.15) is 0 Å². The van der Waals surface area contributed by atoms with Crippen molar-refractivity contribution in [1.29, 1.82) is 0 Å². The molecule has 1 aliphatic carbocycles. The lowest BCUT2D eigenvalue weighted by Crippen LogP contribution is -2.22. The number of nitrogens with zero attached hydrogens (tertiary/aromatic N) is 2. The molecule has 0 heterocycles. The average Bonchev–Trinajstić information content (AvgIpc) is 2.42. The molecule has 0 aliphatic heterocycles. The van der Waals surface area contributed by atoms with E-state index in [9.17, 15) is 18.0 Å². The third-order valence-corrected chi connectivity index (χ3v) is 2.59. The van der Waals surface area contributed by atoms with Gasteiger partial charge >= 0.3 is 6.18 Å². The molecule has 1 aliphatic rings. The van der Waals surface area contributed by atoms with Crippen LogP contribution in [0.2, 0.25) is 0 Å². The van der Waals surface area contributed by atoms with Crippen molar-refractivity contribution in [2.75, 3.05) is 0 Å². The van der Waals surface area contributed by atoms with Crippen molar-refractivity contribution in [3.8, 4) is 0 Å². The SMILES string of the molecule is Cc1ccc(N=C(N=C2C=CC(=O)C=C2)C(F)(F)F)cc1. The van der Waals surface area contributed by atoms with E-state index in [-0.39, 0.29) is 17.2 Å². The fourth-order valence-corrected chi connectivity index (χ4v) is 1.54. The van der Waals surface area contributed by atoms with Crippen LogP contribution in [-0.2, 0) is 4.79 Å². The summed E-state index contributed by atoms with van der Waals surface area (Å²) in [6.07, 6.45) is 0.0654. The Labute approximate surface area is 119 Å². The summed E-state index contributed by atoms with van der Waals surface area (Å²) in [7, 11) is 0. The number of allylic oxidation sites excluding steroid dienone is 4. The molecular formula is C15H11F3N2O. The van der Waals surface area contributed by atoms with Crippen molar-refractivity contribution in [2.45, 2.75) is 13.1 Å². The smallest absolute Gasteiger partial charge is 0.290 e. The van der Waals surface area contributed by atoms with E-state index in [0.717, 1.165) is 17.7 Å². The highest BCUT2D eigenvalue weighted by Gasteiger charge is 2.36. The van der Waals surface area contributed by atoms with Crippen molar-refractivity contribution >= 4 is 23.0 Å². The molecule has 1 aromatic carbocycles. The van der Waals surface area contributed by atoms with Gasteiger partial charge in [0.05, 0.1) is 11.4 Å². The Morgan fingerprint density at radius 3 is 2.10 bits per heavy atom. The standard InChI is InChI=1S/C15H11F3N2O/c1-10-2-4-11(5-3-10)19-14(15(16,17)18)20-12-6-8-13(21)9-7-12/h2-9H,1H3. The Morgan fingerprint density at radius 1 is 1.00 bits per heavy atom. The van der Waals surface area contributed by atoms with Gasteiger partial charge < -0.3 is 0 Å². The van der Waals surface area contributed by atoms with Crippen LogP contribution in [0.15, 0.2) is 58.6 Å². The number of carbonyl (C=O) groups excluding carboxylic acids is 1. The van der Waals surface area contributed by atoms with Crippen LogP contribution in [0.1, 0.15) is 5.56 Å². The molecule has 0 atom stereocenters. The Morgan fingerprint density at radius 2 is 1.57 bits per heavy atom. The lowest BCUT2D eigenvalue weighted by atomic mass is 10.1. The van der Waals surface area contributed by atoms with Crippen LogP contribution >= 0.6 is 0 Å². The van der Waals surface area contributed by atoms with Crippen LogP contribution < -0.4 is 0 Å². The van der Waals surface area contributed by atoms with Gasteiger partial charge in [-0.2, -0.15) is 13.2 Å². The predicted molar refractivity (Wildman–Crippen MR) is 75.1 cm³/mol. The molecule has 0 saturated heterocycles. The minimum absolute atomic E-state index is 0.0257. The summed E-state index contributed by atoms with van der Waals surface area (Å²) in [6, 6.07) is 6.30. The number of carbonyl (C=O) groups is 1. The maximum absolute atomic E-state index is 13.0. The number of halogens is 3. The second-order valence-electron chi connectivity index (χ2n) is 4.37. The monoisotopic (exact) mass is 292 g/mol. The van der Waals surface area contributed by atoms with Crippen LogP contribution in [0.3, 0.4) is 0 Å². The van der Waals surface area contributed by atoms with Crippen molar-refractivity contribution in [3.05, 3.63) is 54.1 Å². The number of hydrogen-bond acceptors (Lipinski definition) is 2. The fraction of sp³-hybridized carbons (Fsp3) is 0.133. The zero-order valence-electron chi connectivity index (χ0n) is 11.1. The Bertz CT molecular complexity index is 647. The van der Waals surface area contributed by atoms with Gasteiger partial charge in [-0.15, -0.1) is 0 Å². The van der Waals surface area contributed by atoms with Crippen LogP contribution in [0, 0.1) is 6.92 Å². The summed E-state index contributed by atoms with van der Waals surface area (Å²) in [5.41, 5.74) is 1.11. The average molecular weight is 292 g/mol. The molecule has 0 radical (unpaired) electrons. The van der Waals surface area contributed by atoms with E-state index in [1.54, 1.807) is 12.1 Å². The number of benzene rings is 1. The van der Waals surface area contributed by atoms with E-state index < -0.39 is 12.0 Å². The third kappa shape index (κ3) is 4.24. The topological polar surface area (TPSA) is 41.8 Å². The van der Waals surface area contributed by atoms with Crippen LogP contribution in [0.25, 0.3) is 0 Å². The number of hydrogen-bond donors (Lipinski definition) is 0. The van der Waals surface area contributed by atoms with Gasteiger partial charge in [0.2, 0.25) is 5.84 Å². The number of amidine groups is 1. The van der Waals surface area contributed by atoms with Gasteiger partial charge in [-0.1, -0.05) is 17.7 Å². The van der Waals surface area contributed by atoms with Gasteiger partial charge in [-0.3, -0.25) is 4.79 Å². The molecule has 0 saturated carbocycles. The van der Waals surface area contributed by atoms with Gasteiger partial charge in [-0.05, 0) is 43.4 Å². The second-order valence-corrected chi connectivity index (χ2v) is 4.37. The second kappa shape index (κ2) is 5.87. The molecule has 2 rings (SSSR count). The largest absolute Gasteiger partial charge is 0.451 e. The van der Waals surface area contributed by atoms with Gasteiger partial charge in [0, 0.05) is 0 Å². The van der Waals surface area contributed by atoms with Gasteiger partial charge in [0.25, 0.3) is 0 Å². The molecule has 21 heavy (non-hydrogen) atoms. The van der Waals surface area contributed by atoms with E-state index in [1.165, 1.54) is 24.3 Å². The highest BCUT2D eigenvalue weighted by Crippen LogP contribution is 2.23. The van der Waals surface area contributed by atoms with Crippen LogP contribution in [0.5, 0.6) is 0 Å². The van der Waals surface area contributed by atoms with E-state index in [4.69, 9.17) is 0 Å². The van der Waals surface area contributed by atoms with E-state index in [0.29, 0.717) is 0 Å². The first-order valence-electron chi connectivity index (χ1n) is 6.06. The molecule has 0 amide bonds. The molecule has 0 N–H and O–H groups in total.